The Bertz CT molecular complexity index is 672. The highest BCUT2D eigenvalue weighted by Gasteiger charge is 2.30. The van der Waals surface area contributed by atoms with Crippen LogP contribution in [0, 0.1) is 0 Å². The first-order valence-electron chi connectivity index (χ1n) is 7.45. The third-order valence-electron chi connectivity index (χ3n) is 4.17. The number of hydrogen-bond donors (Lipinski definition) is 1. The number of ether oxygens (including phenoxy) is 1. The van der Waals surface area contributed by atoms with E-state index >= 15 is 0 Å². The van der Waals surface area contributed by atoms with Crippen LogP contribution in [-0.4, -0.2) is 28.7 Å². The molecule has 1 amide bonds. The van der Waals surface area contributed by atoms with Crippen LogP contribution in [0.5, 0.6) is 0 Å². The van der Waals surface area contributed by atoms with E-state index in [1.807, 2.05) is 42.1 Å². The molecule has 1 aromatic carbocycles. The van der Waals surface area contributed by atoms with Gasteiger partial charge in [-0.1, -0.05) is 18.2 Å². The first-order valence-corrected chi connectivity index (χ1v) is 7.45. The minimum Gasteiger partial charge on any atom is -0.375 e. The molecular formula is C17H22N2O2. The molecule has 0 spiro atoms. The summed E-state index contributed by atoms with van der Waals surface area (Å²) < 4.78 is 7.70. The minimum absolute atomic E-state index is 0.00880. The number of nitrogens with zero attached hydrogens (tertiary/aromatic N) is 1. The highest BCUT2D eigenvalue weighted by molar-refractivity contribution is 6.07. The van der Waals surface area contributed by atoms with Crippen LogP contribution in [0.2, 0.25) is 0 Å². The molecule has 1 atom stereocenters. The van der Waals surface area contributed by atoms with Gasteiger partial charge in [0.2, 0.25) is 0 Å². The van der Waals surface area contributed by atoms with Crippen LogP contribution in [0.3, 0.4) is 0 Å². The van der Waals surface area contributed by atoms with Gasteiger partial charge in [-0.25, -0.2) is 0 Å². The number of nitrogens with one attached hydrogen (secondary N) is 1. The van der Waals surface area contributed by atoms with E-state index in [2.05, 4.69) is 19.2 Å². The van der Waals surface area contributed by atoms with Crippen LogP contribution in [0.4, 0.5) is 0 Å². The smallest absolute Gasteiger partial charge is 0.253 e. The number of aryl methyl sites for hydroxylation is 1. The number of fused-ring (bicyclic) bond motifs is 1. The SMILES string of the molecule is Cn1cc(C(=O)NC2CCOC(C)(C)C2)c2ccccc21. The maximum absolute atomic E-state index is 12.6. The number of aromatic nitrogens is 1. The number of hydrogen-bond acceptors (Lipinski definition) is 2. The third kappa shape index (κ3) is 2.81. The summed E-state index contributed by atoms with van der Waals surface area (Å²) in [7, 11) is 1.97. The molecule has 21 heavy (non-hydrogen) atoms. The standard InChI is InChI=1S/C17H22N2O2/c1-17(2)10-12(8-9-21-17)18-16(20)14-11-19(3)15-7-5-4-6-13(14)15/h4-7,11-12H,8-10H2,1-3H3,(H,18,20). The van der Waals surface area contributed by atoms with E-state index in [4.69, 9.17) is 4.74 Å². The molecule has 1 aromatic heterocycles. The van der Waals surface area contributed by atoms with Gasteiger partial charge in [0.05, 0.1) is 11.2 Å². The highest BCUT2D eigenvalue weighted by Crippen LogP contribution is 2.25. The number of rotatable bonds is 2. The van der Waals surface area contributed by atoms with Crippen LogP contribution in [0.1, 0.15) is 37.0 Å². The molecule has 1 N–H and O–H groups in total. The summed E-state index contributed by atoms with van der Waals surface area (Å²) in [4.78, 5) is 12.6. The molecule has 2 heterocycles. The molecule has 2 aromatic rings. The fraction of sp³-hybridized carbons (Fsp3) is 0.471. The van der Waals surface area contributed by atoms with Crippen molar-refractivity contribution in [1.82, 2.24) is 9.88 Å². The second-order valence-corrected chi connectivity index (χ2v) is 6.44. The molecule has 1 fully saturated rings. The van der Waals surface area contributed by atoms with Gasteiger partial charge in [-0.3, -0.25) is 4.79 Å². The molecule has 1 aliphatic rings. The van der Waals surface area contributed by atoms with Gasteiger partial charge in [0.25, 0.3) is 5.91 Å². The van der Waals surface area contributed by atoms with Gasteiger partial charge < -0.3 is 14.6 Å². The van der Waals surface area contributed by atoms with E-state index in [9.17, 15) is 4.79 Å². The zero-order valence-electron chi connectivity index (χ0n) is 12.8. The third-order valence-corrected chi connectivity index (χ3v) is 4.17. The fourth-order valence-electron chi connectivity index (χ4n) is 3.14. The average Bonchev–Trinajstić information content (AvgIpc) is 2.76. The van der Waals surface area contributed by atoms with E-state index < -0.39 is 0 Å². The maximum atomic E-state index is 12.6. The molecule has 0 saturated carbocycles. The van der Waals surface area contributed by atoms with Gasteiger partial charge >= 0.3 is 0 Å². The zero-order chi connectivity index (χ0) is 15.0. The largest absolute Gasteiger partial charge is 0.375 e. The molecule has 0 bridgehead atoms. The summed E-state index contributed by atoms with van der Waals surface area (Å²) in [6.07, 6.45) is 3.63. The second kappa shape index (κ2) is 5.19. The summed E-state index contributed by atoms with van der Waals surface area (Å²) in [6.45, 7) is 4.85. The van der Waals surface area contributed by atoms with Crippen molar-refractivity contribution in [2.24, 2.45) is 7.05 Å². The Kier molecular flexibility index (Phi) is 3.49. The Labute approximate surface area is 125 Å². The predicted molar refractivity (Wildman–Crippen MR) is 83.4 cm³/mol. The molecular weight excluding hydrogens is 264 g/mol. The molecule has 4 heteroatoms. The summed E-state index contributed by atoms with van der Waals surface area (Å²) in [5.74, 6) is 0.00880. The quantitative estimate of drug-likeness (QED) is 0.922. The number of benzene rings is 1. The Morgan fingerprint density at radius 2 is 2.14 bits per heavy atom. The van der Waals surface area contributed by atoms with E-state index in [0.717, 1.165) is 29.3 Å². The van der Waals surface area contributed by atoms with Crippen molar-refractivity contribution in [3.63, 3.8) is 0 Å². The Hall–Kier alpha value is -1.81. The molecule has 0 aliphatic carbocycles. The number of carbonyl (C=O) groups excluding carboxylic acids is 1. The summed E-state index contributed by atoms with van der Waals surface area (Å²) in [5, 5.41) is 4.17. The van der Waals surface area contributed by atoms with Gasteiger partial charge in [0.15, 0.2) is 0 Å². The Morgan fingerprint density at radius 1 is 1.38 bits per heavy atom. The number of carbonyl (C=O) groups is 1. The molecule has 4 nitrogen and oxygen atoms in total. The summed E-state index contributed by atoms with van der Waals surface area (Å²) in [5.41, 5.74) is 1.67. The van der Waals surface area contributed by atoms with Crippen LogP contribution >= 0.6 is 0 Å². The lowest BCUT2D eigenvalue weighted by atomic mass is 9.94. The Morgan fingerprint density at radius 3 is 2.90 bits per heavy atom. The van der Waals surface area contributed by atoms with Crippen LogP contribution < -0.4 is 5.32 Å². The fourth-order valence-corrected chi connectivity index (χ4v) is 3.14. The lowest BCUT2D eigenvalue weighted by Crippen LogP contribution is -2.45. The van der Waals surface area contributed by atoms with Gasteiger partial charge in [-0.2, -0.15) is 0 Å². The van der Waals surface area contributed by atoms with Gasteiger partial charge in [-0.05, 0) is 32.8 Å². The van der Waals surface area contributed by atoms with Crippen molar-refractivity contribution in [3.05, 3.63) is 36.0 Å². The van der Waals surface area contributed by atoms with Crippen LogP contribution in [0.25, 0.3) is 10.9 Å². The Balaban J connectivity index is 1.81. The van der Waals surface area contributed by atoms with Crippen molar-refractivity contribution >= 4 is 16.8 Å². The minimum atomic E-state index is -0.158. The predicted octanol–water partition coefficient (Wildman–Crippen LogP) is 2.87. The van der Waals surface area contributed by atoms with E-state index in [1.165, 1.54) is 0 Å². The maximum Gasteiger partial charge on any atom is 0.253 e. The number of para-hydroxylation sites is 1. The molecule has 1 aliphatic heterocycles. The molecule has 112 valence electrons. The normalized spacial score (nSPS) is 21.4. The monoisotopic (exact) mass is 286 g/mol. The van der Waals surface area contributed by atoms with Crippen molar-refractivity contribution in [2.75, 3.05) is 6.61 Å². The second-order valence-electron chi connectivity index (χ2n) is 6.44. The van der Waals surface area contributed by atoms with Gasteiger partial charge in [-0.15, -0.1) is 0 Å². The van der Waals surface area contributed by atoms with Crippen molar-refractivity contribution < 1.29 is 9.53 Å². The summed E-state index contributed by atoms with van der Waals surface area (Å²) in [6, 6.07) is 8.17. The lowest BCUT2D eigenvalue weighted by Gasteiger charge is -2.35. The van der Waals surface area contributed by atoms with Gasteiger partial charge in [0.1, 0.15) is 0 Å². The first kappa shape index (κ1) is 14.1. The topological polar surface area (TPSA) is 43.3 Å². The first-order chi connectivity index (χ1) is 9.96. The average molecular weight is 286 g/mol. The highest BCUT2D eigenvalue weighted by atomic mass is 16.5. The number of amides is 1. The van der Waals surface area contributed by atoms with Gasteiger partial charge in [0, 0.05) is 36.8 Å². The zero-order valence-corrected chi connectivity index (χ0v) is 12.8. The van der Waals surface area contributed by atoms with Crippen molar-refractivity contribution in [3.8, 4) is 0 Å². The molecule has 3 rings (SSSR count). The van der Waals surface area contributed by atoms with E-state index in [1.54, 1.807) is 0 Å². The molecule has 1 saturated heterocycles. The van der Waals surface area contributed by atoms with Crippen LogP contribution in [-0.2, 0) is 11.8 Å². The summed E-state index contributed by atoms with van der Waals surface area (Å²) >= 11 is 0. The van der Waals surface area contributed by atoms with Crippen LogP contribution in [0.15, 0.2) is 30.5 Å². The molecule has 0 radical (unpaired) electrons. The lowest BCUT2D eigenvalue weighted by molar-refractivity contribution is -0.0615. The molecule has 1 unspecified atom stereocenters. The van der Waals surface area contributed by atoms with Crippen molar-refractivity contribution in [2.45, 2.75) is 38.3 Å². The van der Waals surface area contributed by atoms with Crippen molar-refractivity contribution in [1.29, 1.82) is 0 Å². The van der Waals surface area contributed by atoms with E-state index in [-0.39, 0.29) is 17.6 Å². The van der Waals surface area contributed by atoms with E-state index in [0.29, 0.717) is 6.61 Å².